The van der Waals surface area contributed by atoms with Gasteiger partial charge in [0.15, 0.2) is 0 Å². The predicted octanol–water partition coefficient (Wildman–Crippen LogP) is 5.88. The lowest BCUT2D eigenvalue weighted by Gasteiger charge is -2.27. The molecule has 3 aromatic rings. The van der Waals surface area contributed by atoms with Crippen molar-refractivity contribution in [2.24, 2.45) is 0 Å². The van der Waals surface area contributed by atoms with Gasteiger partial charge in [-0.15, -0.1) is 0 Å². The molecule has 1 heterocycles. The first-order valence-electron chi connectivity index (χ1n) is 10.1. The third-order valence-corrected chi connectivity index (χ3v) is 6.30. The molecule has 0 saturated heterocycles. The SMILES string of the molecule is CN1C(=O)C(=Cc2ccc(C(F)(F)F)cc2)Sc2ccc(C(=O)NCc3ccc(F)cc3)cc21. The number of hydrogen-bond acceptors (Lipinski definition) is 3. The van der Waals surface area contributed by atoms with Crippen molar-refractivity contribution < 1.29 is 27.2 Å². The van der Waals surface area contributed by atoms with Crippen LogP contribution in [0, 0.1) is 5.82 Å². The molecule has 1 aliphatic heterocycles. The number of carbonyl (C=O) groups excluding carboxylic acids is 2. The average Bonchev–Trinajstić information content (AvgIpc) is 2.81. The number of rotatable bonds is 4. The predicted molar refractivity (Wildman–Crippen MR) is 123 cm³/mol. The van der Waals surface area contributed by atoms with Crippen LogP contribution in [0.2, 0.25) is 0 Å². The highest BCUT2D eigenvalue weighted by molar-refractivity contribution is 8.04. The Hall–Kier alpha value is -3.59. The Morgan fingerprint density at radius 3 is 2.35 bits per heavy atom. The van der Waals surface area contributed by atoms with E-state index in [4.69, 9.17) is 0 Å². The fraction of sp³-hybridized carbons (Fsp3) is 0.120. The average molecular weight is 486 g/mol. The summed E-state index contributed by atoms with van der Waals surface area (Å²) in [5.41, 5.74) is 1.36. The second-order valence-electron chi connectivity index (χ2n) is 7.59. The Labute approximate surface area is 197 Å². The molecule has 0 spiro atoms. The zero-order valence-corrected chi connectivity index (χ0v) is 18.6. The van der Waals surface area contributed by atoms with Crippen molar-refractivity contribution in [2.45, 2.75) is 17.6 Å². The second kappa shape index (κ2) is 9.34. The number of hydrogen-bond donors (Lipinski definition) is 1. The molecule has 4 nitrogen and oxygen atoms in total. The second-order valence-corrected chi connectivity index (χ2v) is 8.67. The summed E-state index contributed by atoms with van der Waals surface area (Å²) in [5, 5.41) is 2.76. The van der Waals surface area contributed by atoms with E-state index in [1.807, 2.05) is 0 Å². The van der Waals surface area contributed by atoms with Crippen LogP contribution in [0.3, 0.4) is 0 Å². The van der Waals surface area contributed by atoms with Crippen molar-refractivity contribution >= 4 is 35.3 Å². The molecular weight excluding hydrogens is 468 g/mol. The van der Waals surface area contributed by atoms with E-state index in [1.165, 1.54) is 47.0 Å². The lowest BCUT2D eigenvalue weighted by Crippen LogP contribution is -2.31. The van der Waals surface area contributed by atoms with Gasteiger partial charge in [0.1, 0.15) is 5.82 Å². The van der Waals surface area contributed by atoms with Gasteiger partial charge in [-0.05, 0) is 59.7 Å². The highest BCUT2D eigenvalue weighted by Gasteiger charge is 2.30. The van der Waals surface area contributed by atoms with E-state index in [9.17, 15) is 27.2 Å². The first-order valence-corrected chi connectivity index (χ1v) is 10.9. The van der Waals surface area contributed by atoms with Crippen LogP contribution < -0.4 is 10.2 Å². The van der Waals surface area contributed by atoms with E-state index < -0.39 is 11.7 Å². The molecule has 9 heteroatoms. The number of nitrogens with one attached hydrogen (secondary N) is 1. The minimum atomic E-state index is -4.43. The third-order valence-electron chi connectivity index (χ3n) is 5.22. The molecule has 0 bridgehead atoms. The standard InChI is InChI=1S/C25H18F4N2O2S/c1-31-20-13-17(23(32)30-14-16-4-9-19(26)10-5-16)6-11-21(20)34-22(24(31)33)12-15-2-7-18(8-3-15)25(27,28)29/h2-13H,14H2,1H3,(H,30,32). The Bertz CT molecular complexity index is 1270. The largest absolute Gasteiger partial charge is 0.416 e. The van der Waals surface area contributed by atoms with Crippen molar-refractivity contribution in [1.29, 1.82) is 0 Å². The molecule has 0 unspecified atom stereocenters. The van der Waals surface area contributed by atoms with E-state index in [0.29, 0.717) is 21.7 Å². The lowest BCUT2D eigenvalue weighted by atomic mass is 10.1. The van der Waals surface area contributed by atoms with Crippen LogP contribution in [0.25, 0.3) is 6.08 Å². The Morgan fingerprint density at radius 2 is 1.71 bits per heavy atom. The number of anilines is 1. The molecule has 0 fully saturated rings. The number of halogens is 4. The van der Waals surface area contributed by atoms with Gasteiger partial charge in [-0.25, -0.2) is 4.39 Å². The molecule has 34 heavy (non-hydrogen) atoms. The number of benzene rings is 3. The zero-order valence-electron chi connectivity index (χ0n) is 17.8. The van der Waals surface area contributed by atoms with Gasteiger partial charge < -0.3 is 10.2 Å². The van der Waals surface area contributed by atoms with Crippen LogP contribution in [0.5, 0.6) is 0 Å². The van der Waals surface area contributed by atoms with Crippen LogP contribution >= 0.6 is 11.8 Å². The highest BCUT2D eigenvalue weighted by Crippen LogP contribution is 2.42. The highest BCUT2D eigenvalue weighted by atomic mass is 32.2. The van der Waals surface area contributed by atoms with E-state index in [0.717, 1.165) is 22.6 Å². The van der Waals surface area contributed by atoms with E-state index in [1.54, 1.807) is 37.4 Å². The Kier molecular flexibility index (Phi) is 6.47. The number of nitrogens with zero attached hydrogens (tertiary/aromatic N) is 1. The van der Waals surface area contributed by atoms with Gasteiger partial charge in [-0.1, -0.05) is 36.0 Å². The maximum Gasteiger partial charge on any atom is 0.416 e. The number of thioether (sulfide) groups is 1. The van der Waals surface area contributed by atoms with Crippen LogP contribution in [-0.4, -0.2) is 18.9 Å². The lowest BCUT2D eigenvalue weighted by molar-refractivity contribution is -0.137. The molecule has 174 valence electrons. The molecule has 1 N–H and O–H groups in total. The van der Waals surface area contributed by atoms with Gasteiger partial charge >= 0.3 is 6.18 Å². The molecule has 0 saturated carbocycles. The molecule has 3 aromatic carbocycles. The fourth-order valence-electron chi connectivity index (χ4n) is 3.34. The van der Waals surface area contributed by atoms with Gasteiger partial charge in [0.25, 0.3) is 11.8 Å². The normalized spacial score (nSPS) is 14.8. The molecule has 4 rings (SSSR count). The first kappa shape index (κ1) is 23.6. The topological polar surface area (TPSA) is 49.4 Å². The number of fused-ring (bicyclic) bond motifs is 1. The van der Waals surface area contributed by atoms with Gasteiger partial charge in [0.2, 0.25) is 0 Å². The molecule has 0 aliphatic carbocycles. The third kappa shape index (κ3) is 5.14. The van der Waals surface area contributed by atoms with Gasteiger partial charge in [0.05, 0.1) is 16.2 Å². The molecule has 1 aliphatic rings. The molecule has 0 aromatic heterocycles. The summed E-state index contributed by atoms with van der Waals surface area (Å²) >= 11 is 1.19. The number of amides is 2. The monoisotopic (exact) mass is 486 g/mol. The minimum absolute atomic E-state index is 0.222. The molecular formula is C25H18F4N2O2S. The zero-order chi connectivity index (χ0) is 24.5. The number of likely N-dealkylation sites (N-methyl/N-ethyl adjacent to an activating group) is 1. The summed E-state index contributed by atoms with van der Waals surface area (Å²) in [6.07, 6.45) is -2.89. The van der Waals surface area contributed by atoms with Gasteiger partial charge in [-0.2, -0.15) is 13.2 Å². The van der Waals surface area contributed by atoms with Crippen molar-refractivity contribution in [3.63, 3.8) is 0 Å². The van der Waals surface area contributed by atoms with Crippen LogP contribution in [0.4, 0.5) is 23.2 Å². The summed E-state index contributed by atoms with van der Waals surface area (Å²) in [6, 6.07) is 15.3. The van der Waals surface area contributed by atoms with Gasteiger partial charge in [-0.3, -0.25) is 9.59 Å². The summed E-state index contributed by atoms with van der Waals surface area (Å²) < 4.78 is 51.3. The van der Waals surface area contributed by atoms with Crippen LogP contribution in [0.15, 0.2) is 76.5 Å². The van der Waals surface area contributed by atoms with E-state index in [2.05, 4.69) is 5.32 Å². The van der Waals surface area contributed by atoms with Crippen molar-refractivity contribution in [3.05, 3.63) is 99.7 Å². The molecule has 0 radical (unpaired) electrons. The van der Waals surface area contributed by atoms with Crippen molar-refractivity contribution in [1.82, 2.24) is 5.32 Å². The van der Waals surface area contributed by atoms with Crippen molar-refractivity contribution in [2.75, 3.05) is 11.9 Å². The summed E-state index contributed by atoms with van der Waals surface area (Å²) in [5.74, 6) is -1.04. The summed E-state index contributed by atoms with van der Waals surface area (Å²) in [7, 11) is 1.57. The molecule has 0 atom stereocenters. The number of alkyl halides is 3. The first-order chi connectivity index (χ1) is 16.1. The summed E-state index contributed by atoms with van der Waals surface area (Å²) in [6.45, 7) is 0.222. The van der Waals surface area contributed by atoms with E-state index in [-0.39, 0.29) is 24.2 Å². The molecule has 2 amide bonds. The maximum atomic E-state index is 13.0. The minimum Gasteiger partial charge on any atom is -0.348 e. The van der Waals surface area contributed by atoms with Crippen LogP contribution in [0.1, 0.15) is 27.0 Å². The number of carbonyl (C=O) groups is 2. The Balaban J connectivity index is 1.51. The smallest absolute Gasteiger partial charge is 0.348 e. The summed E-state index contributed by atoms with van der Waals surface area (Å²) in [4.78, 5) is 27.9. The van der Waals surface area contributed by atoms with Gasteiger partial charge in [0, 0.05) is 24.1 Å². The maximum absolute atomic E-state index is 13.0. The fourth-order valence-corrected chi connectivity index (χ4v) is 4.43. The van der Waals surface area contributed by atoms with Crippen molar-refractivity contribution in [3.8, 4) is 0 Å². The quantitative estimate of drug-likeness (QED) is 0.370. The van der Waals surface area contributed by atoms with Crippen LogP contribution in [-0.2, 0) is 17.5 Å². The Morgan fingerprint density at radius 1 is 1.03 bits per heavy atom. The van der Waals surface area contributed by atoms with E-state index >= 15 is 0 Å².